The molecule has 2 heterocycles. The van der Waals surface area contributed by atoms with Gasteiger partial charge in [0.05, 0.1) is 5.69 Å². The normalized spacial score (nSPS) is 18.7. The van der Waals surface area contributed by atoms with Crippen LogP contribution in [0.3, 0.4) is 0 Å². The smallest absolute Gasteiger partial charge is 0.256 e. The van der Waals surface area contributed by atoms with E-state index in [1.165, 1.54) is 12.8 Å². The molecule has 1 aliphatic heterocycles. The molecule has 0 spiro atoms. The summed E-state index contributed by atoms with van der Waals surface area (Å²) in [5.41, 5.74) is 1.24. The number of nitrogens with one attached hydrogen (secondary N) is 2. The standard InChI is InChI=1S/C13H21N3O2.ClH/c1-9-12(10(2)18-16-9)13(17)15-7-5-11-4-3-6-14-8-11;/h11,14H,3-8H2,1-2H3,(H,15,17);1H. The molecule has 2 N–H and O–H groups in total. The summed E-state index contributed by atoms with van der Waals surface area (Å²) in [5.74, 6) is 1.20. The van der Waals surface area contributed by atoms with Gasteiger partial charge in [-0.2, -0.15) is 0 Å². The van der Waals surface area contributed by atoms with Gasteiger partial charge in [0, 0.05) is 6.54 Å². The lowest BCUT2D eigenvalue weighted by Crippen LogP contribution is -2.33. The summed E-state index contributed by atoms with van der Waals surface area (Å²) in [4.78, 5) is 12.0. The fourth-order valence-corrected chi connectivity index (χ4v) is 2.46. The second-order valence-corrected chi connectivity index (χ2v) is 4.96. The minimum atomic E-state index is -0.0741. The van der Waals surface area contributed by atoms with E-state index in [1.54, 1.807) is 13.8 Å². The molecule has 0 bridgehead atoms. The van der Waals surface area contributed by atoms with E-state index in [0.29, 0.717) is 22.9 Å². The first kappa shape index (κ1) is 16.0. The molecule has 1 fully saturated rings. The topological polar surface area (TPSA) is 67.2 Å². The zero-order valence-electron chi connectivity index (χ0n) is 11.5. The minimum Gasteiger partial charge on any atom is -0.361 e. The molecule has 2 rings (SSSR count). The molecular formula is C13H22ClN3O2. The molecule has 1 amide bonds. The molecule has 1 aromatic rings. The number of aromatic nitrogens is 1. The van der Waals surface area contributed by atoms with Gasteiger partial charge in [0.1, 0.15) is 11.3 Å². The van der Waals surface area contributed by atoms with Gasteiger partial charge in [-0.15, -0.1) is 12.4 Å². The molecule has 0 aromatic carbocycles. The second-order valence-electron chi connectivity index (χ2n) is 4.96. The van der Waals surface area contributed by atoms with Crippen LogP contribution < -0.4 is 10.6 Å². The summed E-state index contributed by atoms with van der Waals surface area (Å²) >= 11 is 0. The second kappa shape index (κ2) is 7.50. The number of carbonyl (C=O) groups excluding carboxylic acids is 1. The highest BCUT2D eigenvalue weighted by Crippen LogP contribution is 2.14. The minimum absolute atomic E-state index is 0. The Kier molecular flexibility index (Phi) is 6.31. The SMILES string of the molecule is Cc1noc(C)c1C(=O)NCCC1CCCNC1.Cl. The predicted octanol–water partition coefficient (Wildman–Crippen LogP) is 1.83. The van der Waals surface area contributed by atoms with Crippen molar-refractivity contribution in [3.63, 3.8) is 0 Å². The van der Waals surface area contributed by atoms with E-state index < -0.39 is 0 Å². The van der Waals surface area contributed by atoms with E-state index >= 15 is 0 Å². The van der Waals surface area contributed by atoms with Crippen molar-refractivity contribution in [3.05, 3.63) is 17.0 Å². The molecule has 0 radical (unpaired) electrons. The molecular weight excluding hydrogens is 266 g/mol. The summed E-state index contributed by atoms with van der Waals surface area (Å²) in [5, 5.41) is 10.1. The highest BCUT2D eigenvalue weighted by Gasteiger charge is 2.18. The van der Waals surface area contributed by atoms with Crippen molar-refractivity contribution in [2.75, 3.05) is 19.6 Å². The van der Waals surface area contributed by atoms with Crippen LogP contribution in [-0.4, -0.2) is 30.7 Å². The third kappa shape index (κ3) is 4.21. The van der Waals surface area contributed by atoms with Crippen molar-refractivity contribution in [1.82, 2.24) is 15.8 Å². The number of aryl methyl sites for hydroxylation is 2. The summed E-state index contributed by atoms with van der Waals surface area (Å²) in [6.07, 6.45) is 3.53. The average molecular weight is 288 g/mol. The number of hydrogen-bond acceptors (Lipinski definition) is 4. The molecule has 1 aliphatic rings. The van der Waals surface area contributed by atoms with Gasteiger partial charge in [-0.05, 0) is 52.1 Å². The van der Waals surface area contributed by atoms with Crippen LogP contribution in [0, 0.1) is 19.8 Å². The number of amides is 1. The summed E-state index contributed by atoms with van der Waals surface area (Å²) in [6.45, 7) is 6.47. The van der Waals surface area contributed by atoms with E-state index in [-0.39, 0.29) is 18.3 Å². The maximum atomic E-state index is 12.0. The zero-order valence-corrected chi connectivity index (χ0v) is 12.3. The van der Waals surface area contributed by atoms with Crippen LogP contribution in [0.4, 0.5) is 0 Å². The fraction of sp³-hybridized carbons (Fsp3) is 0.692. The van der Waals surface area contributed by atoms with Gasteiger partial charge in [-0.3, -0.25) is 4.79 Å². The Morgan fingerprint density at radius 3 is 2.89 bits per heavy atom. The number of carbonyl (C=O) groups is 1. The molecule has 0 saturated carbocycles. The van der Waals surface area contributed by atoms with Crippen molar-refractivity contribution in [1.29, 1.82) is 0 Å². The summed E-state index contributed by atoms with van der Waals surface area (Å²) in [7, 11) is 0. The number of nitrogens with zero attached hydrogens (tertiary/aromatic N) is 1. The lowest BCUT2D eigenvalue weighted by Gasteiger charge is -2.22. The lowest BCUT2D eigenvalue weighted by molar-refractivity contribution is 0.0948. The largest absolute Gasteiger partial charge is 0.361 e. The van der Waals surface area contributed by atoms with E-state index in [0.717, 1.165) is 26.1 Å². The Labute approximate surface area is 119 Å². The van der Waals surface area contributed by atoms with Crippen LogP contribution in [0.15, 0.2) is 4.52 Å². The molecule has 19 heavy (non-hydrogen) atoms. The number of rotatable bonds is 4. The average Bonchev–Trinajstić information content (AvgIpc) is 2.70. The molecule has 5 nitrogen and oxygen atoms in total. The molecule has 6 heteroatoms. The van der Waals surface area contributed by atoms with E-state index in [4.69, 9.17) is 4.52 Å². The van der Waals surface area contributed by atoms with Crippen molar-refractivity contribution in [2.45, 2.75) is 33.1 Å². The Morgan fingerprint density at radius 1 is 1.53 bits per heavy atom. The Hall–Kier alpha value is -1.07. The lowest BCUT2D eigenvalue weighted by atomic mass is 9.96. The van der Waals surface area contributed by atoms with Crippen LogP contribution >= 0.6 is 12.4 Å². The van der Waals surface area contributed by atoms with Gasteiger partial charge < -0.3 is 15.2 Å². The number of halogens is 1. The highest BCUT2D eigenvalue weighted by molar-refractivity contribution is 5.96. The quantitative estimate of drug-likeness (QED) is 0.887. The van der Waals surface area contributed by atoms with Gasteiger partial charge in [0.2, 0.25) is 0 Å². The van der Waals surface area contributed by atoms with Gasteiger partial charge in [-0.1, -0.05) is 5.16 Å². The van der Waals surface area contributed by atoms with Crippen LogP contribution in [0.25, 0.3) is 0 Å². The molecule has 0 aliphatic carbocycles. The number of piperidine rings is 1. The van der Waals surface area contributed by atoms with Crippen molar-refractivity contribution in [2.24, 2.45) is 5.92 Å². The molecule has 1 unspecified atom stereocenters. The highest BCUT2D eigenvalue weighted by atomic mass is 35.5. The number of hydrogen-bond donors (Lipinski definition) is 2. The predicted molar refractivity (Wildman–Crippen MR) is 75.8 cm³/mol. The Balaban J connectivity index is 0.00000180. The van der Waals surface area contributed by atoms with Gasteiger partial charge in [0.15, 0.2) is 0 Å². The van der Waals surface area contributed by atoms with Crippen LogP contribution in [-0.2, 0) is 0 Å². The van der Waals surface area contributed by atoms with Gasteiger partial charge in [0.25, 0.3) is 5.91 Å². The van der Waals surface area contributed by atoms with Crippen LogP contribution in [0.2, 0.25) is 0 Å². The van der Waals surface area contributed by atoms with E-state index in [9.17, 15) is 4.79 Å². The first-order valence-corrected chi connectivity index (χ1v) is 6.60. The zero-order chi connectivity index (χ0) is 13.0. The monoisotopic (exact) mass is 287 g/mol. The van der Waals surface area contributed by atoms with Gasteiger partial charge in [-0.25, -0.2) is 0 Å². The summed E-state index contributed by atoms with van der Waals surface area (Å²) in [6, 6.07) is 0. The van der Waals surface area contributed by atoms with Crippen LogP contribution in [0.5, 0.6) is 0 Å². The maximum absolute atomic E-state index is 12.0. The van der Waals surface area contributed by atoms with Crippen molar-refractivity contribution < 1.29 is 9.32 Å². The van der Waals surface area contributed by atoms with Crippen molar-refractivity contribution >= 4 is 18.3 Å². The molecule has 1 saturated heterocycles. The third-order valence-electron chi connectivity index (χ3n) is 3.50. The Bertz CT molecular complexity index is 395. The maximum Gasteiger partial charge on any atom is 0.256 e. The first-order valence-electron chi connectivity index (χ1n) is 6.60. The molecule has 1 aromatic heterocycles. The van der Waals surface area contributed by atoms with Crippen molar-refractivity contribution in [3.8, 4) is 0 Å². The molecule has 108 valence electrons. The molecule has 1 atom stereocenters. The first-order chi connectivity index (χ1) is 8.68. The van der Waals surface area contributed by atoms with Gasteiger partial charge >= 0.3 is 0 Å². The van der Waals surface area contributed by atoms with E-state index in [2.05, 4.69) is 15.8 Å². The summed E-state index contributed by atoms with van der Waals surface area (Å²) < 4.78 is 4.99. The van der Waals surface area contributed by atoms with E-state index in [1.807, 2.05) is 0 Å². The van der Waals surface area contributed by atoms with Crippen LogP contribution in [0.1, 0.15) is 41.1 Å². The fourth-order valence-electron chi connectivity index (χ4n) is 2.46. The third-order valence-corrected chi connectivity index (χ3v) is 3.50. The Morgan fingerprint density at radius 2 is 2.32 bits per heavy atom.